The first kappa shape index (κ1) is 18.7. The minimum atomic E-state index is -0.191. The van der Waals surface area contributed by atoms with Crippen LogP contribution in [0.15, 0.2) is 24.3 Å². The zero-order valence-corrected chi connectivity index (χ0v) is 16.7. The number of nitrogens with one attached hydrogen (secondary N) is 1. The van der Waals surface area contributed by atoms with Crippen LogP contribution in [0.2, 0.25) is 0 Å². The van der Waals surface area contributed by atoms with Crippen LogP contribution < -0.4 is 10.2 Å². The summed E-state index contributed by atoms with van der Waals surface area (Å²) in [5, 5.41) is 3.04. The number of rotatable bonds is 5. The van der Waals surface area contributed by atoms with Gasteiger partial charge in [-0.15, -0.1) is 0 Å². The predicted molar refractivity (Wildman–Crippen MR) is 110 cm³/mol. The van der Waals surface area contributed by atoms with Crippen molar-refractivity contribution in [2.24, 2.45) is 5.92 Å². The first-order valence-corrected chi connectivity index (χ1v) is 11.3. The average Bonchev–Trinajstić information content (AvgIpc) is 3.37. The van der Waals surface area contributed by atoms with Crippen molar-refractivity contribution in [1.29, 1.82) is 0 Å². The van der Waals surface area contributed by atoms with Gasteiger partial charge in [0, 0.05) is 55.8 Å². The molecule has 2 amide bonds. The van der Waals surface area contributed by atoms with Crippen LogP contribution in [-0.2, 0) is 16.1 Å². The molecule has 2 heterocycles. The van der Waals surface area contributed by atoms with Crippen molar-refractivity contribution in [2.45, 2.75) is 44.7 Å². The molecule has 0 spiro atoms. The summed E-state index contributed by atoms with van der Waals surface area (Å²) in [5.41, 5.74) is 2.37. The molecule has 1 aromatic carbocycles. The first-order chi connectivity index (χ1) is 13.2. The molecular weight excluding hydrogens is 358 g/mol. The van der Waals surface area contributed by atoms with E-state index in [0.29, 0.717) is 25.6 Å². The Kier molecular flexibility index (Phi) is 5.91. The van der Waals surface area contributed by atoms with Crippen molar-refractivity contribution >= 4 is 29.3 Å². The Morgan fingerprint density at radius 2 is 1.81 bits per heavy atom. The number of carbonyl (C=O) groups is 2. The van der Waals surface area contributed by atoms with E-state index in [2.05, 4.69) is 34.5 Å². The highest BCUT2D eigenvalue weighted by Gasteiger charge is 2.38. The van der Waals surface area contributed by atoms with Crippen LogP contribution in [0.25, 0.3) is 0 Å². The third-order valence-corrected chi connectivity index (χ3v) is 7.02. The van der Waals surface area contributed by atoms with Crippen molar-refractivity contribution in [1.82, 2.24) is 10.2 Å². The summed E-state index contributed by atoms with van der Waals surface area (Å²) in [6, 6.07) is 8.87. The largest absolute Gasteiger partial charge is 0.370 e. The van der Waals surface area contributed by atoms with E-state index in [9.17, 15) is 9.59 Å². The lowest BCUT2D eigenvalue weighted by Crippen LogP contribution is -2.36. The first-order valence-electron chi connectivity index (χ1n) is 10.2. The summed E-state index contributed by atoms with van der Waals surface area (Å²) in [6.45, 7) is 3.34. The number of benzene rings is 1. The van der Waals surface area contributed by atoms with Gasteiger partial charge in [-0.2, -0.15) is 11.8 Å². The number of likely N-dealkylation sites (tertiary alicyclic amines) is 1. The van der Waals surface area contributed by atoms with Crippen LogP contribution >= 0.6 is 11.8 Å². The van der Waals surface area contributed by atoms with Crippen LogP contribution in [0.1, 0.15) is 37.7 Å². The van der Waals surface area contributed by atoms with E-state index in [1.54, 1.807) is 0 Å². The van der Waals surface area contributed by atoms with E-state index in [-0.39, 0.29) is 17.7 Å². The highest BCUT2D eigenvalue weighted by atomic mass is 32.2. The average molecular weight is 388 g/mol. The maximum absolute atomic E-state index is 12.5. The molecule has 27 heavy (non-hydrogen) atoms. The van der Waals surface area contributed by atoms with Gasteiger partial charge >= 0.3 is 0 Å². The molecule has 0 radical (unpaired) electrons. The monoisotopic (exact) mass is 387 g/mol. The molecular formula is C21H29N3O2S. The summed E-state index contributed by atoms with van der Waals surface area (Å²) in [7, 11) is 0. The molecule has 3 aliphatic rings. The quantitative estimate of drug-likeness (QED) is 0.844. The van der Waals surface area contributed by atoms with E-state index in [4.69, 9.17) is 0 Å². The van der Waals surface area contributed by atoms with Gasteiger partial charge in [0.15, 0.2) is 0 Å². The maximum atomic E-state index is 12.5. The SMILES string of the molecule is O=C(NCc1ccc(N2CCSCC2)cc1)C1CC(=O)N(C2CCCC2)C1. The second kappa shape index (κ2) is 8.55. The van der Waals surface area contributed by atoms with Crippen LogP contribution in [-0.4, -0.2) is 53.9 Å². The molecule has 1 saturated carbocycles. The molecule has 4 rings (SSSR count). The maximum Gasteiger partial charge on any atom is 0.225 e. The summed E-state index contributed by atoms with van der Waals surface area (Å²) in [6.07, 6.45) is 4.98. The number of anilines is 1. The second-order valence-electron chi connectivity index (χ2n) is 7.87. The van der Waals surface area contributed by atoms with Crippen molar-refractivity contribution < 1.29 is 9.59 Å². The van der Waals surface area contributed by atoms with Crippen LogP contribution in [0.5, 0.6) is 0 Å². The Hall–Kier alpha value is -1.69. The van der Waals surface area contributed by atoms with E-state index < -0.39 is 0 Å². The van der Waals surface area contributed by atoms with Crippen LogP contribution in [0.3, 0.4) is 0 Å². The Bertz CT molecular complexity index is 667. The molecule has 1 atom stereocenters. The fourth-order valence-corrected chi connectivity index (χ4v) is 5.36. The minimum absolute atomic E-state index is 0.0148. The van der Waals surface area contributed by atoms with E-state index in [0.717, 1.165) is 31.5 Å². The Morgan fingerprint density at radius 3 is 2.52 bits per heavy atom. The van der Waals surface area contributed by atoms with Gasteiger partial charge in [-0.3, -0.25) is 9.59 Å². The molecule has 5 nitrogen and oxygen atoms in total. The molecule has 6 heteroatoms. The third kappa shape index (κ3) is 4.42. The molecule has 1 N–H and O–H groups in total. The highest BCUT2D eigenvalue weighted by molar-refractivity contribution is 7.99. The summed E-state index contributed by atoms with van der Waals surface area (Å²) >= 11 is 2.01. The van der Waals surface area contributed by atoms with Gasteiger partial charge in [-0.1, -0.05) is 25.0 Å². The predicted octanol–water partition coefficient (Wildman–Crippen LogP) is 2.65. The molecule has 146 valence electrons. The topological polar surface area (TPSA) is 52.7 Å². The number of amides is 2. The normalized spacial score (nSPS) is 23.9. The van der Waals surface area contributed by atoms with Crippen molar-refractivity contribution in [3.63, 3.8) is 0 Å². The Balaban J connectivity index is 1.27. The molecule has 1 aliphatic carbocycles. The minimum Gasteiger partial charge on any atom is -0.370 e. The van der Waals surface area contributed by atoms with Crippen LogP contribution in [0.4, 0.5) is 5.69 Å². The molecule has 0 bridgehead atoms. The molecule has 2 saturated heterocycles. The summed E-state index contributed by atoms with van der Waals surface area (Å²) in [4.78, 5) is 29.2. The fraction of sp³-hybridized carbons (Fsp3) is 0.619. The Labute approximate surface area is 165 Å². The molecule has 3 fully saturated rings. The molecule has 2 aliphatic heterocycles. The molecule has 0 aromatic heterocycles. The molecule has 1 aromatic rings. The third-order valence-electron chi connectivity index (χ3n) is 6.07. The number of hydrogen-bond acceptors (Lipinski definition) is 4. The van der Waals surface area contributed by atoms with Crippen molar-refractivity contribution in [3.8, 4) is 0 Å². The van der Waals surface area contributed by atoms with Gasteiger partial charge in [0.1, 0.15) is 0 Å². The number of carbonyl (C=O) groups excluding carboxylic acids is 2. The van der Waals surface area contributed by atoms with Crippen molar-refractivity contribution in [2.75, 3.05) is 36.0 Å². The van der Waals surface area contributed by atoms with E-state index in [1.807, 2.05) is 16.7 Å². The van der Waals surface area contributed by atoms with E-state index in [1.165, 1.54) is 30.0 Å². The molecule has 1 unspecified atom stereocenters. The summed E-state index contributed by atoms with van der Waals surface area (Å²) < 4.78 is 0. The fourth-order valence-electron chi connectivity index (χ4n) is 4.46. The van der Waals surface area contributed by atoms with Crippen molar-refractivity contribution in [3.05, 3.63) is 29.8 Å². The zero-order chi connectivity index (χ0) is 18.6. The Morgan fingerprint density at radius 1 is 1.11 bits per heavy atom. The van der Waals surface area contributed by atoms with Gasteiger partial charge in [0.05, 0.1) is 5.92 Å². The van der Waals surface area contributed by atoms with Gasteiger partial charge < -0.3 is 15.1 Å². The lowest BCUT2D eigenvalue weighted by Gasteiger charge is -2.28. The zero-order valence-electron chi connectivity index (χ0n) is 15.9. The smallest absolute Gasteiger partial charge is 0.225 e. The van der Waals surface area contributed by atoms with Gasteiger partial charge in [0.2, 0.25) is 11.8 Å². The number of nitrogens with zero attached hydrogens (tertiary/aromatic N) is 2. The van der Waals surface area contributed by atoms with Crippen LogP contribution in [0, 0.1) is 5.92 Å². The highest BCUT2D eigenvalue weighted by Crippen LogP contribution is 2.29. The standard InChI is InChI=1S/C21H29N3O2S/c25-20-13-17(15-24(20)19-3-1-2-4-19)21(26)22-14-16-5-7-18(8-6-16)23-9-11-27-12-10-23/h5-8,17,19H,1-4,9-15H2,(H,22,26). The lowest BCUT2D eigenvalue weighted by atomic mass is 10.1. The van der Waals surface area contributed by atoms with Gasteiger partial charge in [-0.25, -0.2) is 0 Å². The number of thioether (sulfide) groups is 1. The van der Waals surface area contributed by atoms with Gasteiger partial charge in [0.25, 0.3) is 0 Å². The van der Waals surface area contributed by atoms with E-state index >= 15 is 0 Å². The second-order valence-corrected chi connectivity index (χ2v) is 9.09. The summed E-state index contributed by atoms with van der Waals surface area (Å²) in [5.74, 6) is 2.36. The number of hydrogen-bond donors (Lipinski definition) is 1. The lowest BCUT2D eigenvalue weighted by molar-refractivity contribution is -0.130. The van der Waals surface area contributed by atoms with Gasteiger partial charge in [-0.05, 0) is 30.5 Å².